The van der Waals surface area contributed by atoms with Gasteiger partial charge in [0.05, 0.1) is 7.11 Å². The largest absolute Gasteiger partial charge is 0.493 e. The van der Waals surface area contributed by atoms with Crippen molar-refractivity contribution in [2.75, 3.05) is 44.8 Å². The lowest BCUT2D eigenvalue weighted by Crippen LogP contribution is -2.50. The van der Waals surface area contributed by atoms with E-state index in [1.165, 1.54) is 0 Å². The fourth-order valence-electron chi connectivity index (χ4n) is 2.90. The number of hydrogen-bond donors (Lipinski definition) is 0. The van der Waals surface area contributed by atoms with Gasteiger partial charge in [-0.05, 0) is 30.3 Å². The van der Waals surface area contributed by atoms with Crippen molar-refractivity contribution >= 4 is 34.8 Å². The Labute approximate surface area is 163 Å². The zero-order valence-corrected chi connectivity index (χ0v) is 16.0. The van der Waals surface area contributed by atoms with Crippen LogP contribution in [0.3, 0.4) is 0 Å². The summed E-state index contributed by atoms with van der Waals surface area (Å²) < 4.78 is 10.8. The molecule has 5 nitrogen and oxygen atoms in total. The van der Waals surface area contributed by atoms with E-state index in [9.17, 15) is 4.79 Å². The summed E-state index contributed by atoms with van der Waals surface area (Å²) in [5.41, 5.74) is 0.972. The summed E-state index contributed by atoms with van der Waals surface area (Å²) >= 11 is 12.1. The molecule has 7 heteroatoms. The number of methoxy groups -OCH3 is 1. The fourth-order valence-corrected chi connectivity index (χ4v) is 3.42. The van der Waals surface area contributed by atoms with Crippen LogP contribution in [0.2, 0.25) is 10.0 Å². The Balaban J connectivity index is 1.53. The molecule has 0 aromatic heterocycles. The van der Waals surface area contributed by atoms with Crippen molar-refractivity contribution in [1.82, 2.24) is 4.90 Å². The number of amides is 1. The molecule has 26 heavy (non-hydrogen) atoms. The third-order valence-electron chi connectivity index (χ3n) is 4.27. The quantitative estimate of drug-likeness (QED) is 0.774. The number of rotatable bonds is 5. The Bertz CT molecular complexity index is 757. The molecule has 0 unspecified atom stereocenters. The van der Waals surface area contributed by atoms with E-state index in [0.717, 1.165) is 18.8 Å². The van der Waals surface area contributed by atoms with Crippen molar-refractivity contribution in [2.45, 2.75) is 0 Å². The Morgan fingerprint density at radius 2 is 1.62 bits per heavy atom. The molecule has 3 rings (SSSR count). The topological polar surface area (TPSA) is 42.0 Å². The minimum Gasteiger partial charge on any atom is -0.493 e. The average Bonchev–Trinajstić information content (AvgIpc) is 2.65. The Morgan fingerprint density at radius 3 is 2.23 bits per heavy atom. The van der Waals surface area contributed by atoms with E-state index in [-0.39, 0.29) is 12.5 Å². The second-order valence-corrected chi connectivity index (χ2v) is 6.81. The molecule has 138 valence electrons. The van der Waals surface area contributed by atoms with Crippen LogP contribution in [0.25, 0.3) is 0 Å². The summed E-state index contributed by atoms with van der Waals surface area (Å²) in [6.07, 6.45) is 0. The monoisotopic (exact) mass is 394 g/mol. The van der Waals surface area contributed by atoms with E-state index in [1.807, 2.05) is 24.3 Å². The second kappa shape index (κ2) is 8.52. The van der Waals surface area contributed by atoms with Crippen LogP contribution in [0.15, 0.2) is 42.5 Å². The van der Waals surface area contributed by atoms with Gasteiger partial charge in [-0.3, -0.25) is 4.79 Å². The molecule has 1 aliphatic rings. The molecule has 0 aliphatic carbocycles. The first-order chi connectivity index (χ1) is 12.6. The standard InChI is InChI=1S/C19H20Cl2N2O3/c1-25-17-4-2-3-5-18(17)26-13-19(24)23-8-6-22(7-9-23)16-11-14(20)10-15(21)12-16/h2-5,10-12H,6-9,13H2,1H3. The maximum atomic E-state index is 12.4. The van der Waals surface area contributed by atoms with Gasteiger partial charge in [0.2, 0.25) is 0 Å². The summed E-state index contributed by atoms with van der Waals surface area (Å²) in [5.74, 6) is 1.14. The van der Waals surface area contributed by atoms with E-state index in [2.05, 4.69) is 4.90 Å². The van der Waals surface area contributed by atoms with E-state index in [0.29, 0.717) is 34.6 Å². The van der Waals surface area contributed by atoms with Gasteiger partial charge in [-0.15, -0.1) is 0 Å². The molecule has 0 bridgehead atoms. The smallest absolute Gasteiger partial charge is 0.260 e. The van der Waals surface area contributed by atoms with Crippen LogP contribution in [0.1, 0.15) is 0 Å². The number of anilines is 1. The van der Waals surface area contributed by atoms with Gasteiger partial charge < -0.3 is 19.3 Å². The highest BCUT2D eigenvalue weighted by atomic mass is 35.5. The van der Waals surface area contributed by atoms with Crippen molar-refractivity contribution in [3.63, 3.8) is 0 Å². The lowest BCUT2D eigenvalue weighted by atomic mass is 10.2. The summed E-state index contributed by atoms with van der Waals surface area (Å²) in [4.78, 5) is 16.4. The average molecular weight is 395 g/mol. The van der Waals surface area contributed by atoms with Gasteiger partial charge in [-0.1, -0.05) is 35.3 Å². The number of hydrogen-bond acceptors (Lipinski definition) is 4. The number of piperazine rings is 1. The van der Waals surface area contributed by atoms with Crippen LogP contribution < -0.4 is 14.4 Å². The van der Waals surface area contributed by atoms with Crippen molar-refractivity contribution in [1.29, 1.82) is 0 Å². The predicted octanol–water partition coefficient (Wildman–Crippen LogP) is 3.73. The molecule has 2 aromatic carbocycles. The lowest BCUT2D eigenvalue weighted by Gasteiger charge is -2.36. The first kappa shape index (κ1) is 18.7. The van der Waals surface area contributed by atoms with Crippen molar-refractivity contribution in [3.8, 4) is 11.5 Å². The number of halogens is 2. The fraction of sp³-hybridized carbons (Fsp3) is 0.316. The zero-order valence-electron chi connectivity index (χ0n) is 14.5. The van der Waals surface area contributed by atoms with Crippen LogP contribution >= 0.6 is 23.2 Å². The third-order valence-corrected chi connectivity index (χ3v) is 4.70. The lowest BCUT2D eigenvalue weighted by molar-refractivity contribution is -0.133. The van der Waals surface area contributed by atoms with Crippen LogP contribution in [0.4, 0.5) is 5.69 Å². The molecule has 0 saturated carbocycles. The highest BCUT2D eigenvalue weighted by Gasteiger charge is 2.22. The Morgan fingerprint density at radius 1 is 1.00 bits per heavy atom. The number of carbonyl (C=O) groups is 1. The summed E-state index contributed by atoms with van der Waals surface area (Å²) in [5, 5.41) is 1.22. The van der Waals surface area contributed by atoms with Crippen LogP contribution in [0, 0.1) is 0 Å². The van der Waals surface area contributed by atoms with Gasteiger partial charge >= 0.3 is 0 Å². The first-order valence-electron chi connectivity index (χ1n) is 8.31. The molecule has 1 aliphatic heterocycles. The van der Waals surface area contributed by atoms with Crippen LogP contribution in [0.5, 0.6) is 11.5 Å². The third kappa shape index (κ3) is 4.54. The van der Waals surface area contributed by atoms with Gasteiger partial charge in [0, 0.05) is 41.9 Å². The summed E-state index contributed by atoms with van der Waals surface area (Å²) in [6.45, 7) is 2.67. The van der Waals surface area contributed by atoms with E-state index >= 15 is 0 Å². The second-order valence-electron chi connectivity index (χ2n) is 5.94. The van der Waals surface area contributed by atoms with Gasteiger partial charge in [-0.25, -0.2) is 0 Å². The number of benzene rings is 2. The molecule has 0 N–H and O–H groups in total. The SMILES string of the molecule is COc1ccccc1OCC(=O)N1CCN(c2cc(Cl)cc(Cl)c2)CC1. The van der Waals surface area contributed by atoms with Crippen molar-refractivity contribution in [3.05, 3.63) is 52.5 Å². The van der Waals surface area contributed by atoms with E-state index in [4.69, 9.17) is 32.7 Å². The molecular formula is C19H20Cl2N2O3. The molecule has 1 amide bonds. The molecular weight excluding hydrogens is 375 g/mol. The summed E-state index contributed by atoms with van der Waals surface area (Å²) in [7, 11) is 1.57. The van der Waals surface area contributed by atoms with Crippen LogP contribution in [-0.4, -0.2) is 50.7 Å². The van der Waals surface area contributed by atoms with Gasteiger partial charge in [-0.2, -0.15) is 0 Å². The van der Waals surface area contributed by atoms with E-state index in [1.54, 1.807) is 30.2 Å². The van der Waals surface area contributed by atoms with Gasteiger partial charge in [0.1, 0.15) is 0 Å². The predicted molar refractivity (Wildman–Crippen MR) is 104 cm³/mol. The minimum atomic E-state index is -0.0420. The molecule has 1 heterocycles. The number of para-hydroxylation sites is 2. The zero-order chi connectivity index (χ0) is 18.5. The van der Waals surface area contributed by atoms with Crippen molar-refractivity contribution in [2.24, 2.45) is 0 Å². The Hall–Kier alpha value is -2.11. The van der Waals surface area contributed by atoms with Gasteiger partial charge in [0.15, 0.2) is 18.1 Å². The Kier molecular flexibility index (Phi) is 6.12. The highest BCUT2D eigenvalue weighted by Crippen LogP contribution is 2.27. The normalized spacial score (nSPS) is 14.3. The number of nitrogens with zero attached hydrogens (tertiary/aromatic N) is 2. The van der Waals surface area contributed by atoms with E-state index < -0.39 is 0 Å². The maximum Gasteiger partial charge on any atom is 0.260 e. The van der Waals surface area contributed by atoms with Crippen molar-refractivity contribution < 1.29 is 14.3 Å². The molecule has 0 radical (unpaired) electrons. The molecule has 2 aromatic rings. The minimum absolute atomic E-state index is 0.0105. The van der Waals surface area contributed by atoms with Crippen LogP contribution in [-0.2, 0) is 4.79 Å². The molecule has 1 saturated heterocycles. The molecule has 1 fully saturated rings. The van der Waals surface area contributed by atoms with Gasteiger partial charge in [0.25, 0.3) is 5.91 Å². The number of carbonyl (C=O) groups excluding carboxylic acids is 1. The first-order valence-corrected chi connectivity index (χ1v) is 9.07. The molecule has 0 atom stereocenters. The summed E-state index contributed by atoms with van der Waals surface area (Å²) in [6, 6.07) is 12.8. The molecule has 0 spiro atoms. The number of ether oxygens (including phenoxy) is 2. The highest BCUT2D eigenvalue weighted by molar-refractivity contribution is 6.35. The maximum absolute atomic E-state index is 12.4.